The Kier molecular flexibility index (Phi) is 5.92. The Bertz CT molecular complexity index is 649. The third-order valence-corrected chi connectivity index (χ3v) is 5.40. The molecule has 1 aromatic carbocycles. The smallest absolute Gasteiger partial charge is 0.272 e. The minimum atomic E-state index is -2.99. The van der Waals surface area contributed by atoms with Crippen molar-refractivity contribution in [1.82, 2.24) is 5.32 Å². The molecular weight excluding hydrogens is 328 g/mol. The minimum Gasteiger partial charge on any atom is -0.488 e. The molecule has 1 heterocycles. The molecule has 0 radical (unpaired) electrons. The summed E-state index contributed by atoms with van der Waals surface area (Å²) in [5.74, 6) is 0.192. The van der Waals surface area contributed by atoms with Gasteiger partial charge in [0.2, 0.25) is 5.91 Å². The molecule has 1 aliphatic rings. The van der Waals surface area contributed by atoms with Crippen molar-refractivity contribution in [3.63, 3.8) is 0 Å². The molecule has 1 N–H and O–H groups in total. The average Bonchev–Trinajstić information content (AvgIpc) is 2.82. The van der Waals surface area contributed by atoms with E-state index in [1.807, 2.05) is 0 Å². The van der Waals surface area contributed by atoms with Gasteiger partial charge in [-0.25, -0.2) is 17.2 Å². The monoisotopic (exact) mass is 347 g/mol. The van der Waals surface area contributed by atoms with Crippen LogP contribution in [0.25, 0.3) is 0 Å². The molecule has 23 heavy (non-hydrogen) atoms. The Morgan fingerprint density at radius 2 is 2.17 bits per heavy atom. The highest BCUT2D eigenvalue weighted by atomic mass is 32.2. The lowest BCUT2D eigenvalue weighted by molar-refractivity contribution is -0.122. The van der Waals surface area contributed by atoms with Crippen molar-refractivity contribution in [3.8, 4) is 5.75 Å². The van der Waals surface area contributed by atoms with E-state index in [1.165, 1.54) is 0 Å². The van der Waals surface area contributed by atoms with Crippen LogP contribution in [0.5, 0.6) is 5.75 Å². The fraction of sp³-hybridized carbons (Fsp3) is 0.533. The highest BCUT2D eigenvalue weighted by molar-refractivity contribution is 7.91. The molecule has 2 rings (SSSR count). The lowest BCUT2D eigenvalue weighted by Crippen LogP contribution is -2.25. The second-order valence-electron chi connectivity index (χ2n) is 5.60. The van der Waals surface area contributed by atoms with Gasteiger partial charge < -0.3 is 10.1 Å². The van der Waals surface area contributed by atoms with Crippen molar-refractivity contribution < 1.29 is 26.7 Å². The number of carbonyl (C=O) groups excluding carboxylic acids is 1. The van der Waals surface area contributed by atoms with Gasteiger partial charge in [0.25, 0.3) is 6.43 Å². The van der Waals surface area contributed by atoms with Gasteiger partial charge >= 0.3 is 0 Å². The number of hydrogen-bond donors (Lipinski definition) is 1. The van der Waals surface area contributed by atoms with Crippen molar-refractivity contribution in [2.45, 2.75) is 25.8 Å². The first-order valence-corrected chi connectivity index (χ1v) is 9.13. The summed E-state index contributed by atoms with van der Waals surface area (Å²) < 4.78 is 51.8. The van der Waals surface area contributed by atoms with E-state index in [1.54, 1.807) is 24.3 Å². The van der Waals surface area contributed by atoms with Crippen molar-refractivity contribution in [2.75, 3.05) is 18.1 Å². The molecule has 128 valence electrons. The van der Waals surface area contributed by atoms with Crippen LogP contribution >= 0.6 is 0 Å². The number of nitrogens with one attached hydrogen (secondary N) is 1. The summed E-state index contributed by atoms with van der Waals surface area (Å²) in [5, 5.41) is 2.71. The van der Waals surface area contributed by atoms with E-state index in [-0.39, 0.29) is 36.3 Å². The van der Waals surface area contributed by atoms with Crippen LogP contribution in [0.3, 0.4) is 0 Å². The van der Waals surface area contributed by atoms with E-state index < -0.39 is 22.9 Å². The molecule has 0 aromatic heterocycles. The van der Waals surface area contributed by atoms with Gasteiger partial charge in [-0.2, -0.15) is 0 Å². The van der Waals surface area contributed by atoms with Crippen LogP contribution in [0.1, 0.15) is 18.4 Å². The number of benzene rings is 1. The van der Waals surface area contributed by atoms with Gasteiger partial charge in [0.1, 0.15) is 12.4 Å². The second kappa shape index (κ2) is 7.72. The molecule has 0 saturated carbocycles. The third-order valence-electron chi connectivity index (χ3n) is 3.56. The lowest BCUT2D eigenvalue weighted by atomic mass is 10.0. The molecule has 1 amide bonds. The molecule has 8 heteroatoms. The molecule has 0 spiro atoms. The number of sulfone groups is 1. The standard InChI is InChI=1S/C15H19F2NO4S/c16-14(17)9-22-13-3-1-2-11(6-13)8-18-15(19)7-12-4-5-23(20,21)10-12/h1-3,6,12,14H,4-5,7-10H2,(H,18,19)/t12-/m0/s1. The van der Waals surface area contributed by atoms with Crippen LogP contribution in [-0.4, -0.2) is 38.9 Å². The van der Waals surface area contributed by atoms with Gasteiger partial charge in [-0.1, -0.05) is 12.1 Å². The average molecular weight is 347 g/mol. The maximum atomic E-state index is 12.1. The number of hydrogen-bond acceptors (Lipinski definition) is 4. The number of alkyl halides is 2. The molecule has 5 nitrogen and oxygen atoms in total. The Morgan fingerprint density at radius 1 is 1.39 bits per heavy atom. The summed E-state index contributed by atoms with van der Waals surface area (Å²) in [5.41, 5.74) is 0.726. The van der Waals surface area contributed by atoms with Crippen LogP contribution in [0.2, 0.25) is 0 Å². The predicted molar refractivity (Wildman–Crippen MR) is 81.2 cm³/mol. The van der Waals surface area contributed by atoms with E-state index in [2.05, 4.69) is 5.32 Å². The highest BCUT2D eigenvalue weighted by Gasteiger charge is 2.29. The van der Waals surface area contributed by atoms with Crippen molar-refractivity contribution >= 4 is 15.7 Å². The van der Waals surface area contributed by atoms with Crippen LogP contribution in [-0.2, 0) is 21.2 Å². The molecule has 1 fully saturated rings. The summed E-state index contributed by atoms with van der Waals surface area (Å²) in [6, 6.07) is 6.56. The summed E-state index contributed by atoms with van der Waals surface area (Å²) in [4.78, 5) is 11.8. The molecule has 1 aromatic rings. The Balaban J connectivity index is 1.79. The fourth-order valence-electron chi connectivity index (χ4n) is 2.47. The summed E-state index contributed by atoms with van der Waals surface area (Å²) in [7, 11) is -2.99. The van der Waals surface area contributed by atoms with Crippen molar-refractivity contribution in [3.05, 3.63) is 29.8 Å². The van der Waals surface area contributed by atoms with Crippen molar-refractivity contribution in [2.24, 2.45) is 5.92 Å². The minimum absolute atomic E-state index is 0.0668. The van der Waals surface area contributed by atoms with Crippen LogP contribution < -0.4 is 10.1 Å². The van der Waals surface area contributed by atoms with Crippen LogP contribution in [0.4, 0.5) is 8.78 Å². The third kappa shape index (κ3) is 6.13. The van der Waals surface area contributed by atoms with Gasteiger partial charge in [0.05, 0.1) is 11.5 Å². The van der Waals surface area contributed by atoms with Gasteiger partial charge in [0.15, 0.2) is 9.84 Å². The molecule has 1 saturated heterocycles. The summed E-state index contributed by atoms with van der Waals surface area (Å²) >= 11 is 0. The summed E-state index contributed by atoms with van der Waals surface area (Å²) in [6.07, 6.45) is -1.84. The molecular formula is C15H19F2NO4S. The molecule has 1 aliphatic heterocycles. The Hall–Kier alpha value is -1.70. The fourth-order valence-corrected chi connectivity index (χ4v) is 4.33. The zero-order valence-electron chi connectivity index (χ0n) is 12.5. The van der Waals surface area contributed by atoms with Gasteiger partial charge in [-0.05, 0) is 30.0 Å². The van der Waals surface area contributed by atoms with Gasteiger partial charge in [-0.3, -0.25) is 4.79 Å². The SMILES string of the molecule is O=C(C[C@@H]1CCS(=O)(=O)C1)NCc1cccc(OCC(F)F)c1. The number of amides is 1. The normalized spacial score (nSPS) is 19.7. The second-order valence-corrected chi connectivity index (χ2v) is 7.83. The topological polar surface area (TPSA) is 72.5 Å². The van der Waals surface area contributed by atoms with Crippen LogP contribution in [0, 0.1) is 5.92 Å². The zero-order chi connectivity index (χ0) is 16.9. The van der Waals surface area contributed by atoms with Gasteiger partial charge in [-0.15, -0.1) is 0 Å². The number of carbonyl (C=O) groups is 1. The first kappa shape index (κ1) is 17.7. The largest absolute Gasteiger partial charge is 0.488 e. The zero-order valence-corrected chi connectivity index (χ0v) is 13.3. The first-order chi connectivity index (χ1) is 10.8. The Morgan fingerprint density at radius 3 is 2.83 bits per heavy atom. The van der Waals surface area contributed by atoms with Crippen LogP contribution in [0.15, 0.2) is 24.3 Å². The lowest BCUT2D eigenvalue weighted by Gasteiger charge is -2.10. The number of ether oxygens (including phenoxy) is 1. The van der Waals surface area contributed by atoms with E-state index in [4.69, 9.17) is 4.74 Å². The molecule has 1 atom stereocenters. The van der Waals surface area contributed by atoms with E-state index in [0.29, 0.717) is 12.2 Å². The molecule has 0 aliphatic carbocycles. The van der Waals surface area contributed by atoms with E-state index in [9.17, 15) is 22.0 Å². The quantitative estimate of drug-likeness (QED) is 0.816. The number of rotatable bonds is 7. The Labute approximate surface area is 133 Å². The summed E-state index contributed by atoms with van der Waals surface area (Å²) in [6.45, 7) is -0.434. The highest BCUT2D eigenvalue weighted by Crippen LogP contribution is 2.21. The van der Waals surface area contributed by atoms with E-state index in [0.717, 1.165) is 5.56 Å². The van der Waals surface area contributed by atoms with Gasteiger partial charge in [0, 0.05) is 13.0 Å². The number of halogens is 2. The predicted octanol–water partition coefficient (Wildman–Crippen LogP) is 1.77. The maximum Gasteiger partial charge on any atom is 0.272 e. The first-order valence-electron chi connectivity index (χ1n) is 7.31. The maximum absolute atomic E-state index is 12.1. The van der Waals surface area contributed by atoms with Crippen molar-refractivity contribution in [1.29, 1.82) is 0 Å². The van der Waals surface area contributed by atoms with E-state index >= 15 is 0 Å². The molecule has 0 unspecified atom stereocenters. The molecule has 0 bridgehead atoms.